The Hall–Kier alpha value is -4.98. The van der Waals surface area contributed by atoms with E-state index in [0.717, 1.165) is 56.4 Å². The standard InChI is InChI=1S/C37H39N5O3/c1-41(2)37(45)28-13-8-12-26(22-28)35(43)40-33-17-16-29(42-20-6-3-7-21-42)24-31(33)34-23-27(18-19-38-34)36(44)39-32-15-9-11-25-10-4-5-14-30(25)32/h4-5,8,10,12-14,16-19,22-24,32H,3,6-7,9,11,15,20-21H2,1-2H3,(H,39,44)(H,40,43)/t32-/m0/s1. The highest BCUT2D eigenvalue weighted by atomic mass is 16.2. The largest absolute Gasteiger partial charge is 0.372 e. The first-order valence-corrected chi connectivity index (χ1v) is 15.7. The zero-order chi connectivity index (χ0) is 31.3. The highest BCUT2D eigenvalue weighted by Crippen LogP contribution is 2.34. The summed E-state index contributed by atoms with van der Waals surface area (Å²) in [4.78, 5) is 48.1. The number of hydrogen-bond acceptors (Lipinski definition) is 5. The fourth-order valence-corrected chi connectivity index (χ4v) is 6.31. The Labute approximate surface area is 264 Å². The molecule has 0 radical (unpaired) electrons. The summed E-state index contributed by atoms with van der Waals surface area (Å²) in [7, 11) is 3.36. The fourth-order valence-electron chi connectivity index (χ4n) is 6.31. The van der Waals surface area contributed by atoms with Crippen molar-refractivity contribution in [1.82, 2.24) is 15.2 Å². The van der Waals surface area contributed by atoms with Crippen LogP contribution in [0.25, 0.3) is 11.3 Å². The summed E-state index contributed by atoms with van der Waals surface area (Å²) < 4.78 is 0. The normalized spacial score (nSPS) is 16.0. The van der Waals surface area contributed by atoms with Gasteiger partial charge in [-0.3, -0.25) is 19.4 Å². The second-order valence-corrected chi connectivity index (χ2v) is 12.1. The number of anilines is 2. The summed E-state index contributed by atoms with van der Waals surface area (Å²) in [6.07, 6.45) is 8.09. The number of rotatable bonds is 7. The first-order valence-electron chi connectivity index (χ1n) is 15.7. The number of aryl methyl sites for hydroxylation is 1. The highest BCUT2D eigenvalue weighted by Gasteiger charge is 2.23. The summed E-state index contributed by atoms with van der Waals surface area (Å²) in [6.45, 7) is 1.94. The van der Waals surface area contributed by atoms with Gasteiger partial charge in [0.1, 0.15) is 0 Å². The molecule has 0 bridgehead atoms. The van der Waals surface area contributed by atoms with Crippen LogP contribution in [0.5, 0.6) is 0 Å². The molecule has 1 atom stereocenters. The van der Waals surface area contributed by atoms with E-state index in [9.17, 15) is 14.4 Å². The minimum absolute atomic E-state index is 0.0357. The van der Waals surface area contributed by atoms with Crippen LogP contribution in [0.15, 0.2) is 85.1 Å². The van der Waals surface area contributed by atoms with Gasteiger partial charge in [-0.1, -0.05) is 30.3 Å². The number of aromatic nitrogens is 1. The van der Waals surface area contributed by atoms with E-state index in [-0.39, 0.29) is 23.8 Å². The lowest BCUT2D eigenvalue weighted by Gasteiger charge is -2.29. The molecule has 2 N–H and O–H groups in total. The number of pyridine rings is 1. The van der Waals surface area contributed by atoms with Crippen molar-refractivity contribution in [2.24, 2.45) is 0 Å². The second-order valence-electron chi connectivity index (χ2n) is 12.1. The molecule has 0 saturated carbocycles. The predicted octanol–water partition coefficient (Wildman–Crippen LogP) is 6.50. The number of carbonyl (C=O) groups excluding carboxylic acids is 3. The molecule has 3 aromatic carbocycles. The van der Waals surface area contributed by atoms with Crippen LogP contribution in [0, 0.1) is 0 Å². The molecule has 8 heteroatoms. The molecule has 230 valence electrons. The molecule has 1 aliphatic heterocycles. The van der Waals surface area contributed by atoms with Crippen LogP contribution in [0.4, 0.5) is 11.4 Å². The van der Waals surface area contributed by atoms with Crippen molar-refractivity contribution in [2.45, 2.75) is 44.6 Å². The number of benzene rings is 3. The predicted molar refractivity (Wildman–Crippen MR) is 178 cm³/mol. The third kappa shape index (κ3) is 6.75. The van der Waals surface area contributed by atoms with Gasteiger partial charge in [0.05, 0.1) is 17.4 Å². The van der Waals surface area contributed by atoms with Gasteiger partial charge < -0.3 is 20.4 Å². The Bertz CT molecular complexity index is 1730. The van der Waals surface area contributed by atoms with Crippen LogP contribution in [-0.4, -0.2) is 54.8 Å². The smallest absolute Gasteiger partial charge is 0.255 e. The lowest BCUT2D eigenvalue weighted by Crippen LogP contribution is -2.31. The molecule has 0 spiro atoms. The van der Waals surface area contributed by atoms with Crippen molar-refractivity contribution in [1.29, 1.82) is 0 Å². The number of piperidine rings is 1. The molecule has 0 unspecified atom stereocenters. The van der Waals surface area contributed by atoms with E-state index in [1.165, 1.54) is 22.4 Å². The van der Waals surface area contributed by atoms with Crippen molar-refractivity contribution in [3.8, 4) is 11.3 Å². The Balaban J connectivity index is 1.30. The molecule has 1 aromatic heterocycles. The minimum Gasteiger partial charge on any atom is -0.372 e. The van der Waals surface area contributed by atoms with Gasteiger partial charge in [-0.2, -0.15) is 0 Å². The Morgan fingerprint density at radius 1 is 0.800 bits per heavy atom. The topological polar surface area (TPSA) is 94.6 Å². The highest BCUT2D eigenvalue weighted by molar-refractivity contribution is 6.08. The number of fused-ring (bicyclic) bond motifs is 1. The van der Waals surface area contributed by atoms with Crippen molar-refractivity contribution in [3.05, 3.63) is 113 Å². The minimum atomic E-state index is -0.333. The number of nitrogens with one attached hydrogen (secondary N) is 2. The van der Waals surface area contributed by atoms with Crippen LogP contribution < -0.4 is 15.5 Å². The van der Waals surface area contributed by atoms with Crippen LogP contribution in [0.2, 0.25) is 0 Å². The van der Waals surface area contributed by atoms with Crippen LogP contribution >= 0.6 is 0 Å². The molecule has 8 nitrogen and oxygen atoms in total. The van der Waals surface area contributed by atoms with E-state index < -0.39 is 0 Å². The molecule has 1 fully saturated rings. The molecule has 4 aromatic rings. The number of hydrogen-bond donors (Lipinski definition) is 2. The van der Waals surface area contributed by atoms with Gasteiger partial charge in [0.2, 0.25) is 0 Å². The SMILES string of the molecule is CN(C)C(=O)c1cccc(C(=O)Nc2ccc(N3CCCCC3)cc2-c2cc(C(=O)N[C@H]3CCCc4ccccc43)ccn2)c1. The first-order chi connectivity index (χ1) is 21.9. The number of nitrogens with zero attached hydrogens (tertiary/aromatic N) is 3. The summed E-state index contributed by atoms with van der Waals surface area (Å²) in [5, 5.41) is 6.30. The number of carbonyl (C=O) groups is 3. The molecular formula is C37H39N5O3. The van der Waals surface area contributed by atoms with E-state index in [1.54, 1.807) is 56.7 Å². The Morgan fingerprint density at radius 2 is 1.58 bits per heavy atom. The molecule has 45 heavy (non-hydrogen) atoms. The first kappa shape index (κ1) is 30.1. The molecule has 6 rings (SSSR count). The van der Waals surface area contributed by atoms with Gasteiger partial charge in [-0.15, -0.1) is 0 Å². The fraction of sp³-hybridized carbons (Fsp3) is 0.297. The van der Waals surface area contributed by atoms with Crippen molar-refractivity contribution in [3.63, 3.8) is 0 Å². The summed E-state index contributed by atoms with van der Waals surface area (Å²) in [6, 6.07) is 24.5. The number of amides is 3. The quantitative estimate of drug-likeness (QED) is 0.252. The molecule has 1 saturated heterocycles. The lowest BCUT2D eigenvalue weighted by atomic mass is 9.87. The van der Waals surface area contributed by atoms with Gasteiger partial charge in [0.15, 0.2) is 0 Å². The zero-order valence-corrected chi connectivity index (χ0v) is 25.9. The summed E-state index contributed by atoms with van der Waals surface area (Å²) >= 11 is 0. The molecular weight excluding hydrogens is 562 g/mol. The third-order valence-corrected chi connectivity index (χ3v) is 8.72. The molecule has 2 heterocycles. The van der Waals surface area contributed by atoms with Crippen LogP contribution in [0.1, 0.15) is 80.3 Å². The molecule has 3 amide bonds. The van der Waals surface area contributed by atoms with Gasteiger partial charge in [-0.05, 0) is 98.2 Å². The maximum atomic E-state index is 13.6. The van der Waals surface area contributed by atoms with Gasteiger partial charge in [0.25, 0.3) is 17.7 Å². The second kappa shape index (κ2) is 13.3. The monoisotopic (exact) mass is 601 g/mol. The molecule has 2 aliphatic rings. The average molecular weight is 602 g/mol. The Morgan fingerprint density at radius 3 is 2.40 bits per heavy atom. The summed E-state index contributed by atoms with van der Waals surface area (Å²) in [5.41, 5.74) is 6.75. The van der Waals surface area contributed by atoms with E-state index in [4.69, 9.17) is 0 Å². The van der Waals surface area contributed by atoms with E-state index in [2.05, 4.69) is 32.7 Å². The molecule has 1 aliphatic carbocycles. The average Bonchev–Trinajstić information content (AvgIpc) is 3.08. The van der Waals surface area contributed by atoms with E-state index in [0.29, 0.717) is 28.1 Å². The Kier molecular flexibility index (Phi) is 8.91. The zero-order valence-electron chi connectivity index (χ0n) is 25.9. The van der Waals surface area contributed by atoms with Gasteiger partial charge in [0, 0.05) is 61.3 Å². The van der Waals surface area contributed by atoms with E-state index in [1.807, 2.05) is 30.3 Å². The van der Waals surface area contributed by atoms with Crippen molar-refractivity contribution >= 4 is 29.1 Å². The van der Waals surface area contributed by atoms with Gasteiger partial charge >= 0.3 is 0 Å². The summed E-state index contributed by atoms with van der Waals surface area (Å²) in [5.74, 6) is -0.659. The maximum Gasteiger partial charge on any atom is 0.255 e. The van der Waals surface area contributed by atoms with Crippen LogP contribution in [0.3, 0.4) is 0 Å². The van der Waals surface area contributed by atoms with Crippen LogP contribution in [-0.2, 0) is 6.42 Å². The lowest BCUT2D eigenvalue weighted by molar-refractivity contribution is 0.0827. The van der Waals surface area contributed by atoms with Gasteiger partial charge in [-0.25, -0.2) is 0 Å². The van der Waals surface area contributed by atoms with E-state index >= 15 is 0 Å². The third-order valence-electron chi connectivity index (χ3n) is 8.72. The maximum absolute atomic E-state index is 13.6. The van der Waals surface area contributed by atoms with Crippen molar-refractivity contribution in [2.75, 3.05) is 37.4 Å². The van der Waals surface area contributed by atoms with Crippen molar-refractivity contribution < 1.29 is 14.4 Å².